The maximum atomic E-state index is 7.67. The molecule has 23 heavy (non-hydrogen) atoms. The summed E-state index contributed by atoms with van der Waals surface area (Å²) >= 11 is 6.34. The predicted molar refractivity (Wildman–Crippen MR) is 97.5 cm³/mol. The van der Waals surface area contributed by atoms with Crippen LogP contribution in [-0.4, -0.2) is 22.8 Å². The smallest absolute Gasteiger partial charge is 0.138 e. The zero-order chi connectivity index (χ0) is 17.0. The quantitative estimate of drug-likeness (QED) is 0.643. The van der Waals surface area contributed by atoms with E-state index in [1.54, 1.807) is 0 Å². The lowest BCUT2D eigenvalue weighted by atomic mass is 10.0. The zero-order valence-corrected chi connectivity index (χ0v) is 15.0. The molecule has 0 fully saturated rings. The summed E-state index contributed by atoms with van der Waals surface area (Å²) in [6.45, 7) is 8.37. The predicted octanol–water partition coefficient (Wildman–Crippen LogP) is 3.09. The molecule has 0 radical (unpaired) electrons. The summed E-state index contributed by atoms with van der Waals surface area (Å²) in [6, 6.07) is 2.25. The van der Waals surface area contributed by atoms with Crippen LogP contribution >= 0.6 is 11.6 Å². The highest BCUT2D eigenvalue weighted by Crippen LogP contribution is 2.13. The largest absolute Gasteiger partial charge is 0.386 e. The molecule has 124 valence electrons. The van der Waals surface area contributed by atoms with Crippen molar-refractivity contribution in [3.05, 3.63) is 33.7 Å². The third-order valence-electron chi connectivity index (χ3n) is 3.64. The molecule has 2 heterocycles. The van der Waals surface area contributed by atoms with Gasteiger partial charge in [0.2, 0.25) is 0 Å². The summed E-state index contributed by atoms with van der Waals surface area (Å²) in [4.78, 5) is 9.25. The van der Waals surface area contributed by atoms with Crippen molar-refractivity contribution in [2.24, 2.45) is 4.99 Å². The van der Waals surface area contributed by atoms with Crippen LogP contribution < -0.4 is 15.9 Å². The van der Waals surface area contributed by atoms with Crippen molar-refractivity contribution in [1.82, 2.24) is 10.3 Å². The third-order valence-corrected chi connectivity index (χ3v) is 3.93. The number of rotatable bonds is 5. The van der Waals surface area contributed by atoms with Crippen LogP contribution in [0.1, 0.15) is 52.7 Å². The highest BCUT2D eigenvalue weighted by atomic mass is 35.5. The van der Waals surface area contributed by atoms with Crippen molar-refractivity contribution in [3.8, 4) is 0 Å². The molecule has 1 aliphatic rings. The molecule has 1 aromatic rings. The van der Waals surface area contributed by atoms with Gasteiger partial charge in [-0.1, -0.05) is 31.0 Å². The molecule has 1 unspecified atom stereocenters. The summed E-state index contributed by atoms with van der Waals surface area (Å²) in [5.74, 6) is 0. The highest BCUT2D eigenvalue weighted by Gasteiger charge is 2.13. The second-order valence-electron chi connectivity index (χ2n) is 6.88. The lowest BCUT2D eigenvalue weighted by Crippen LogP contribution is -2.34. The number of nitrogens with one attached hydrogen (secondary N) is 2. The van der Waals surface area contributed by atoms with Crippen LogP contribution in [0.15, 0.2) is 17.3 Å². The summed E-state index contributed by atoms with van der Waals surface area (Å²) in [5, 5.41) is 13.2. The van der Waals surface area contributed by atoms with Crippen molar-refractivity contribution in [2.45, 2.75) is 58.5 Å². The Morgan fingerprint density at radius 2 is 2.22 bits per heavy atom. The van der Waals surface area contributed by atoms with Gasteiger partial charge in [0.1, 0.15) is 5.15 Å². The number of hydrogen-bond donors (Lipinski definition) is 2. The number of fused-ring (bicyclic) bond motifs is 1. The van der Waals surface area contributed by atoms with Crippen molar-refractivity contribution in [1.29, 1.82) is 5.41 Å². The van der Waals surface area contributed by atoms with E-state index in [2.05, 4.69) is 44.1 Å². The Bertz CT molecular complexity index is 729. The van der Waals surface area contributed by atoms with Crippen molar-refractivity contribution in [3.63, 3.8) is 0 Å². The van der Waals surface area contributed by atoms with Gasteiger partial charge < -0.3 is 10.7 Å². The molecule has 2 rings (SSSR count). The minimum atomic E-state index is -0.0728. The molecule has 0 saturated carbocycles. The first-order valence-electron chi connectivity index (χ1n) is 8.07. The number of allylic oxidation sites excluding steroid dienone is 1. The lowest BCUT2D eigenvalue weighted by molar-refractivity contribution is 0.492. The van der Waals surface area contributed by atoms with Crippen LogP contribution in [-0.2, 0) is 0 Å². The maximum absolute atomic E-state index is 7.67. The summed E-state index contributed by atoms with van der Waals surface area (Å²) in [5.41, 5.74) is 1.30. The maximum Gasteiger partial charge on any atom is 0.138 e. The van der Waals surface area contributed by atoms with Gasteiger partial charge in [-0.05, 0) is 39.7 Å². The van der Waals surface area contributed by atoms with Gasteiger partial charge in [0.05, 0.1) is 17.1 Å². The topological polar surface area (TPSA) is 61.1 Å². The van der Waals surface area contributed by atoms with Gasteiger partial charge in [-0.25, -0.2) is 4.98 Å². The summed E-state index contributed by atoms with van der Waals surface area (Å²) in [7, 11) is 0. The molecule has 1 atom stereocenters. The van der Waals surface area contributed by atoms with E-state index in [1.165, 1.54) is 6.21 Å². The highest BCUT2D eigenvalue weighted by molar-refractivity contribution is 6.29. The normalized spacial score (nSPS) is 17.8. The van der Waals surface area contributed by atoms with Crippen LogP contribution in [0.4, 0.5) is 0 Å². The SMILES string of the molecule is CCCC1CC=c2c(Cl)nc(/C(C=N)=C/NC(C)(C)C)cc2=N1. The van der Waals surface area contributed by atoms with E-state index >= 15 is 0 Å². The van der Waals surface area contributed by atoms with Crippen LogP contribution in [0, 0.1) is 5.41 Å². The molecule has 1 aliphatic heterocycles. The van der Waals surface area contributed by atoms with E-state index in [0.29, 0.717) is 22.5 Å². The van der Waals surface area contributed by atoms with Crippen LogP contribution in [0.5, 0.6) is 0 Å². The number of hydrogen-bond acceptors (Lipinski definition) is 4. The van der Waals surface area contributed by atoms with Crippen molar-refractivity contribution >= 4 is 29.5 Å². The van der Waals surface area contributed by atoms with E-state index in [9.17, 15) is 0 Å². The molecule has 1 aromatic heterocycles. The van der Waals surface area contributed by atoms with Gasteiger partial charge in [0.25, 0.3) is 0 Å². The molecule has 2 N–H and O–H groups in total. The van der Waals surface area contributed by atoms with E-state index in [-0.39, 0.29) is 5.54 Å². The third kappa shape index (κ3) is 4.64. The van der Waals surface area contributed by atoms with Gasteiger partial charge in [0.15, 0.2) is 0 Å². The first kappa shape index (κ1) is 17.7. The van der Waals surface area contributed by atoms with Crippen LogP contribution in [0.3, 0.4) is 0 Å². The monoisotopic (exact) mass is 332 g/mol. The molecular weight excluding hydrogens is 308 g/mol. The van der Waals surface area contributed by atoms with E-state index < -0.39 is 0 Å². The zero-order valence-electron chi connectivity index (χ0n) is 14.3. The fourth-order valence-electron chi connectivity index (χ4n) is 2.46. The fraction of sp³-hybridized carbons (Fsp3) is 0.500. The molecular formula is C18H25ClN4. The molecule has 5 heteroatoms. The van der Waals surface area contributed by atoms with Gasteiger partial charge >= 0.3 is 0 Å². The average molecular weight is 333 g/mol. The Balaban J connectivity index is 2.46. The number of nitrogens with zero attached hydrogens (tertiary/aromatic N) is 2. The summed E-state index contributed by atoms with van der Waals surface area (Å²) in [6.07, 6.45) is 8.34. The van der Waals surface area contributed by atoms with E-state index in [1.807, 2.05) is 12.3 Å². The van der Waals surface area contributed by atoms with Gasteiger partial charge in [0, 0.05) is 28.7 Å². The van der Waals surface area contributed by atoms with Gasteiger partial charge in [-0.3, -0.25) is 4.99 Å². The molecule has 0 bridgehead atoms. The molecule has 0 saturated heterocycles. The standard InChI is InChI=1S/C18H25ClN4/c1-5-6-13-7-8-14-16(22-13)9-15(23-17(14)19)12(10-20)11-21-18(2,3)4/h8-11,13,20-21H,5-7H2,1-4H3/b12-11+,20-10?. The Labute approximate surface area is 142 Å². The van der Waals surface area contributed by atoms with Crippen LogP contribution in [0.2, 0.25) is 5.15 Å². The van der Waals surface area contributed by atoms with Crippen LogP contribution in [0.25, 0.3) is 11.6 Å². The molecule has 4 nitrogen and oxygen atoms in total. The molecule has 0 spiro atoms. The molecule has 0 aliphatic carbocycles. The Kier molecular flexibility index (Phi) is 5.58. The Hall–Kier alpha value is -1.68. The van der Waals surface area contributed by atoms with Crippen molar-refractivity contribution in [2.75, 3.05) is 0 Å². The Morgan fingerprint density at radius 3 is 2.83 bits per heavy atom. The first-order chi connectivity index (χ1) is 10.8. The second kappa shape index (κ2) is 7.26. The number of halogens is 1. The minimum absolute atomic E-state index is 0.0728. The summed E-state index contributed by atoms with van der Waals surface area (Å²) < 4.78 is 0. The average Bonchev–Trinajstić information content (AvgIpc) is 2.47. The fourth-order valence-corrected chi connectivity index (χ4v) is 2.72. The van der Waals surface area contributed by atoms with E-state index in [4.69, 9.17) is 22.0 Å². The molecule has 0 amide bonds. The lowest BCUT2D eigenvalue weighted by Gasteiger charge is -2.19. The molecule has 0 aromatic carbocycles. The van der Waals surface area contributed by atoms with Gasteiger partial charge in [-0.2, -0.15) is 0 Å². The first-order valence-corrected chi connectivity index (χ1v) is 8.45. The van der Waals surface area contributed by atoms with Gasteiger partial charge in [-0.15, -0.1) is 0 Å². The number of aromatic nitrogens is 1. The van der Waals surface area contributed by atoms with Crippen molar-refractivity contribution < 1.29 is 0 Å². The van der Waals surface area contributed by atoms with E-state index in [0.717, 1.165) is 29.8 Å². The minimum Gasteiger partial charge on any atom is -0.386 e. The second-order valence-corrected chi connectivity index (χ2v) is 7.24. The Morgan fingerprint density at radius 1 is 1.48 bits per heavy atom. The number of pyridine rings is 1.